The lowest BCUT2D eigenvalue weighted by Gasteiger charge is -2.28. The smallest absolute Gasteiger partial charge is 0.270 e. The van der Waals surface area contributed by atoms with Crippen molar-refractivity contribution in [3.05, 3.63) is 57.2 Å². The summed E-state index contributed by atoms with van der Waals surface area (Å²) >= 11 is 1.36. The second-order valence-electron chi connectivity index (χ2n) is 9.15. The standard InChI is InChI=1S/C26H32N4O4S/c1-16(27-2)24(33)29-22(17-8-4-3-5-9-17)26(34)30-13-7-12-21(30)25-28-20(15-35-25)23(32)18-10-6-11-19(31)14-18/h6,10-11,14-16,21,27,31H,3-5,7-9,12-13H2,1-2H3,(H,29,33)/t16-,21-/m0/s1. The third-order valence-corrected chi connectivity index (χ3v) is 7.71. The van der Waals surface area contributed by atoms with Gasteiger partial charge in [-0.05, 0) is 70.2 Å². The van der Waals surface area contributed by atoms with Crippen LogP contribution in [0.2, 0.25) is 0 Å². The van der Waals surface area contributed by atoms with Crippen LogP contribution in [0.4, 0.5) is 0 Å². The van der Waals surface area contributed by atoms with Crippen LogP contribution in [0.1, 0.15) is 79.0 Å². The van der Waals surface area contributed by atoms with E-state index >= 15 is 0 Å². The Morgan fingerprint density at radius 3 is 2.66 bits per heavy atom. The number of phenolic OH excluding ortho intramolecular Hbond substituents is 1. The molecule has 2 amide bonds. The van der Waals surface area contributed by atoms with E-state index in [-0.39, 0.29) is 29.4 Å². The number of allylic oxidation sites excluding steroid dienone is 1. The van der Waals surface area contributed by atoms with E-state index in [0.717, 1.165) is 50.5 Å². The Labute approximate surface area is 209 Å². The lowest BCUT2D eigenvalue weighted by molar-refractivity contribution is -0.131. The molecule has 186 valence electrons. The normalized spacial score (nSPS) is 18.9. The van der Waals surface area contributed by atoms with Crippen molar-refractivity contribution in [2.45, 2.75) is 64.0 Å². The molecule has 1 aromatic carbocycles. The number of hydrogen-bond donors (Lipinski definition) is 3. The second kappa shape index (κ2) is 11.1. The van der Waals surface area contributed by atoms with Gasteiger partial charge in [-0.2, -0.15) is 0 Å². The van der Waals surface area contributed by atoms with Crippen molar-refractivity contribution in [1.29, 1.82) is 0 Å². The molecule has 8 nitrogen and oxygen atoms in total. The van der Waals surface area contributed by atoms with E-state index in [1.54, 1.807) is 36.4 Å². The van der Waals surface area contributed by atoms with Gasteiger partial charge in [0.1, 0.15) is 22.1 Å². The van der Waals surface area contributed by atoms with Crippen molar-refractivity contribution < 1.29 is 19.5 Å². The highest BCUT2D eigenvalue weighted by molar-refractivity contribution is 7.10. The van der Waals surface area contributed by atoms with Gasteiger partial charge in [-0.3, -0.25) is 14.4 Å². The number of hydrogen-bond acceptors (Lipinski definition) is 7. The number of nitrogens with zero attached hydrogens (tertiary/aromatic N) is 2. The van der Waals surface area contributed by atoms with Crippen molar-refractivity contribution in [1.82, 2.24) is 20.5 Å². The molecule has 0 radical (unpaired) electrons. The average molecular weight is 497 g/mol. The summed E-state index contributed by atoms with van der Waals surface area (Å²) < 4.78 is 0. The molecule has 0 bridgehead atoms. The van der Waals surface area contributed by atoms with E-state index < -0.39 is 6.04 Å². The lowest BCUT2D eigenvalue weighted by Crippen LogP contribution is -2.45. The first kappa shape index (κ1) is 25.1. The number of thiazole rings is 1. The molecule has 0 unspecified atom stereocenters. The first-order valence-corrected chi connectivity index (χ1v) is 13.1. The summed E-state index contributed by atoms with van der Waals surface area (Å²) in [4.78, 5) is 45.7. The molecular weight excluding hydrogens is 464 g/mol. The summed E-state index contributed by atoms with van der Waals surface area (Å²) in [6.07, 6.45) is 6.37. The van der Waals surface area contributed by atoms with Crippen LogP contribution >= 0.6 is 11.3 Å². The quantitative estimate of drug-likeness (QED) is 0.398. The predicted octanol–water partition coefficient (Wildman–Crippen LogP) is 3.69. The van der Waals surface area contributed by atoms with Gasteiger partial charge < -0.3 is 20.6 Å². The number of rotatable bonds is 7. The summed E-state index contributed by atoms with van der Waals surface area (Å²) in [5.41, 5.74) is 2.10. The highest BCUT2D eigenvalue weighted by atomic mass is 32.1. The van der Waals surface area contributed by atoms with Crippen LogP contribution in [0, 0.1) is 0 Å². The molecule has 1 saturated carbocycles. The van der Waals surface area contributed by atoms with E-state index in [0.29, 0.717) is 28.5 Å². The van der Waals surface area contributed by atoms with E-state index in [4.69, 9.17) is 0 Å². The molecule has 1 aromatic heterocycles. The van der Waals surface area contributed by atoms with Crippen LogP contribution < -0.4 is 10.6 Å². The third kappa shape index (κ3) is 5.62. The van der Waals surface area contributed by atoms with Crippen LogP contribution in [-0.2, 0) is 9.59 Å². The lowest BCUT2D eigenvalue weighted by atomic mass is 9.92. The van der Waals surface area contributed by atoms with Crippen molar-refractivity contribution >= 4 is 28.9 Å². The first-order valence-electron chi connectivity index (χ1n) is 12.2. The van der Waals surface area contributed by atoms with Crippen LogP contribution in [-0.4, -0.2) is 52.2 Å². The molecule has 4 rings (SSSR count). The summed E-state index contributed by atoms with van der Waals surface area (Å²) in [6, 6.07) is 5.54. The zero-order valence-electron chi connectivity index (χ0n) is 20.2. The van der Waals surface area contributed by atoms with E-state index in [9.17, 15) is 19.5 Å². The summed E-state index contributed by atoms with van der Waals surface area (Å²) in [5.74, 6) is -0.635. The molecule has 1 aliphatic carbocycles. The van der Waals surface area contributed by atoms with Crippen molar-refractivity contribution in [2.24, 2.45) is 0 Å². The third-order valence-electron chi connectivity index (χ3n) is 6.76. The van der Waals surface area contributed by atoms with Gasteiger partial charge in [-0.1, -0.05) is 18.6 Å². The topological polar surface area (TPSA) is 112 Å². The van der Waals surface area contributed by atoms with Crippen molar-refractivity contribution in [3.8, 4) is 5.75 Å². The van der Waals surface area contributed by atoms with Crippen LogP contribution in [0.5, 0.6) is 5.75 Å². The van der Waals surface area contributed by atoms with Crippen molar-refractivity contribution in [3.63, 3.8) is 0 Å². The maximum absolute atomic E-state index is 13.8. The Kier molecular flexibility index (Phi) is 7.97. The fourth-order valence-electron chi connectivity index (χ4n) is 4.63. The summed E-state index contributed by atoms with van der Waals surface area (Å²) in [5, 5.41) is 18.0. The number of likely N-dealkylation sites (N-methyl/N-ethyl adjacent to an activating group) is 1. The molecule has 2 atom stereocenters. The minimum absolute atomic E-state index is 0.0248. The predicted molar refractivity (Wildman–Crippen MR) is 134 cm³/mol. The van der Waals surface area contributed by atoms with Crippen LogP contribution in [0.15, 0.2) is 40.9 Å². The summed E-state index contributed by atoms with van der Waals surface area (Å²) in [6.45, 7) is 2.34. The Morgan fingerprint density at radius 1 is 1.17 bits per heavy atom. The van der Waals surface area contributed by atoms with Gasteiger partial charge in [0.2, 0.25) is 11.7 Å². The molecule has 35 heavy (non-hydrogen) atoms. The Hall–Kier alpha value is -3.04. The number of likely N-dealkylation sites (tertiary alicyclic amines) is 1. The molecule has 2 fully saturated rings. The first-order chi connectivity index (χ1) is 16.9. The number of nitrogens with one attached hydrogen (secondary N) is 2. The van der Waals surface area contributed by atoms with E-state index in [2.05, 4.69) is 15.6 Å². The second-order valence-corrected chi connectivity index (χ2v) is 10.0. The number of carbonyl (C=O) groups excluding carboxylic acids is 3. The number of ketones is 1. The Morgan fingerprint density at radius 2 is 1.94 bits per heavy atom. The molecule has 1 saturated heterocycles. The van der Waals surface area contributed by atoms with Gasteiger partial charge in [0, 0.05) is 17.5 Å². The number of phenols is 1. The maximum atomic E-state index is 13.8. The SMILES string of the molecule is CN[C@@H](C)C(=O)NC(C(=O)N1CCC[C@H]1c1nc(C(=O)c2cccc(O)c2)cs1)=C1CCCCC1. The van der Waals surface area contributed by atoms with E-state index in [1.165, 1.54) is 23.5 Å². The molecule has 9 heteroatoms. The molecule has 0 spiro atoms. The zero-order valence-corrected chi connectivity index (χ0v) is 21.0. The van der Waals surface area contributed by atoms with Crippen LogP contribution in [0.25, 0.3) is 0 Å². The molecule has 2 heterocycles. The van der Waals surface area contributed by atoms with Gasteiger partial charge in [-0.15, -0.1) is 11.3 Å². The Bertz CT molecular complexity index is 1130. The molecular formula is C26H32N4O4S. The van der Waals surface area contributed by atoms with Crippen molar-refractivity contribution in [2.75, 3.05) is 13.6 Å². The number of carbonyl (C=O) groups is 3. The number of benzene rings is 1. The highest BCUT2D eigenvalue weighted by Crippen LogP contribution is 2.36. The van der Waals surface area contributed by atoms with Gasteiger partial charge in [0.05, 0.1) is 12.1 Å². The highest BCUT2D eigenvalue weighted by Gasteiger charge is 2.36. The monoisotopic (exact) mass is 496 g/mol. The fourth-order valence-corrected chi connectivity index (χ4v) is 5.58. The molecule has 3 N–H and O–H groups in total. The van der Waals surface area contributed by atoms with Gasteiger partial charge in [0.25, 0.3) is 5.91 Å². The zero-order chi connectivity index (χ0) is 24.9. The number of amides is 2. The minimum atomic E-state index is -0.415. The fraction of sp³-hybridized carbons (Fsp3) is 0.462. The number of aromatic nitrogens is 1. The minimum Gasteiger partial charge on any atom is -0.508 e. The van der Waals surface area contributed by atoms with Gasteiger partial charge in [0.15, 0.2) is 0 Å². The Balaban J connectivity index is 1.57. The van der Waals surface area contributed by atoms with Gasteiger partial charge >= 0.3 is 0 Å². The maximum Gasteiger partial charge on any atom is 0.270 e. The average Bonchev–Trinajstić information content (AvgIpc) is 3.56. The summed E-state index contributed by atoms with van der Waals surface area (Å²) in [7, 11) is 1.72. The van der Waals surface area contributed by atoms with Crippen LogP contribution in [0.3, 0.4) is 0 Å². The van der Waals surface area contributed by atoms with E-state index in [1.807, 2.05) is 0 Å². The largest absolute Gasteiger partial charge is 0.508 e. The molecule has 1 aliphatic heterocycles. The van der Waals surface area contributed by atoms with Gasteiger partial charge in [-0.25, -0.2) is 4.98 Å². The molecule has 2 aromatic rings. The number of aromatic hydroxyl groups is 1. The molecule has 2 aliphatic rings.